The fourth-order valence-electron chi connectivity index (χ4n) is 2.92. The van der Waals surface area contributed by atoms with Gasteiger partial charge >= 0.3 is 0 Å². The van der Waals surface area contributed by atoms with E-state index in [0.29, 0.717) is 11.5 Å². The molecule has 1 aliphatic rings. The maximum Gasteiger partial charge on any atom is 0.274 e. The molecule has 4 heteroatoms. The Kier molecular flexibility index (Phi) is 4.40. The van der Waals surface area contributed by atoms with E-state index >= 15 is 0 Å². The van der Waals surface area contributed by atoms with Crippen LogP contribution in [0.2, 0.25) is 0 Å². The number of hydrogen-bond acceptors (Lipinski definition) is 3. The Morgan fingerprint density at radius 1 is 1.42 bits per heavy atom. The predicted molar refractivity (Wildman–Crippen MR) is 77.4 cm³/mol. The van der Waals surface area contributed by atoms with E-state index in [2.05, 4.69) is 12.2 Å². The summed E-state index contributed by atoms with van der Waals surface area (Å²) < 4.78 is 0. The van der Waals surface area contributed by atoms with E-state index in [1.807, 2.05) is 12.1 Å². The van der Waals surface area contributed by atoms with Gasteiger partial charge in [-0.1, -0.05) is 25.8 Å². The minimum Gasteiger partial charge on any atom is -0.385 e. The number of nitrogens with zero attached hydrogens (tertiary/aromatic N) is 1. The molecule has 0 heterocycles. The molecule has 0 aliphatic heterocycles. The van der Waals surface area contributed by atoms with Crippen LogP contribution >= 0.6 is 0 Å². The Hall–Kier alpha value is -1.58. The minimum atomic E-state index is -0.316. The molecule has 1 N–H and O–H groups in total. The average Bonchev–Trinajstić information content (AvgIpc) is 2.37. The summed E-state index contributed by atoms with van der Waals surface area (Å²) in [5.41, 5.74) is 1.76. The molecule has 2 rings (SSSR count). The molecule has 2 unspecified atom stereocenters. The highest BCUT2D eigenvalue weighted by molar-refractivity contribution is 5.54. The van der Waals surface area contributed by atoms with Gasteiger partial charge in [-0.15, -0.1) is 0 Å². The number of anilines is 1. The van der Waals surface area contributed by atoms with E-state index in [9.17, 15) is 10.1 Å². The standard InChI is InChI=1S/C15H22N2O2/c1-11-4-3-5-13(8-11)10-16-14-7-6-12(2)15(9-14)17(18)19/h6-7,9,11,13,16H,3-5,8,10H2,1-2H3. The number of aryl methyl sites for hydroxylation is 1. The first-order valence-corrected chi connectivity index (χ1v) is 7.05. The lowest BCUT2D eigenvalue weighted by molar-refractivity contribution is -0.385. The largest absolute Gasteiger partial charge is 0.385 e. The molecular formula is C15H22N2O2. The SMILES string of the molecule is Cc1ccc(NCC2CCCC(C)C2)cc1[N+](=O)[O-]. The van der Waals surface area contributed by atoms with E-state index in [0.717, 1.165) is 18.2 Å². The summed E-state index contributed by atoms with van der Waals surface area (Å²) in [5, 5.41) is 14.3. The number of nitrogens with one attached hydrogen (secondary N) is 1. The summed E-state index contributed by atoms with van der Waals surface area (Å²) in [6.07, 6.45) is 5.18. The normalized spacial score (nSPS) is 23.1. The van der Waals surface area contributed by atoms with Gasteiger partial charge in [0.05, 0.1) is 4.92 Å². The Labute approximate surface area is 114 Å². The van der Waals surface area contributed by atoms with Crippen LogP contribution in [0.3, 0.4) is 0 Å². The summed E-state index contributed by atoms with van der Waals surface area (Å²) in [7, 11) is 0. The van der Waals surface area contributed by atoms with Crippen molar-refractivity contribution < 1.29 is 4.92 Å². The van der Waals surface area contributed by atoms with E-state index in [1.165, 1.54) is 25.7 Å². The Bertz CT molecular complexity index is 459. The van der Waals surface area contributed by atoms with E-state index in [1.54, 1.807) is 13.0 Å². The lowest BCUT2D eigenvalue weighted by Gasteiger charge is -2.27. The third-order valence-electron chi connectivity index (χ3n) is 4.05. The fraction of sp³-hybridized carbons (Fsp3) is 0.600. The van der Waals surface area contributed by atoms with Gasteiger partial charge in [-0.3, -0.25) is 10.1 Å². The van der Waals surface area contributed by atoms with Gasteiger partial charge in [0.1, 0.15) is 0 Å². The van der Waals surface area contributed by atoms with Gasteiger partial charge in [-0.2, -0.15) is 0 Å². The van der Waals surface area contributed by atoms with Crippen LogP contribution < -0.4 is 5.32 Å². The molecular weight excluding hydrogens is 240 g/mol. The number of nitro groups is 1. The third-order valence-corrected chi connectivity index (χ3v) is 4.05. The average molecular weight is 262 g/mol. The van der Waals surface area contributed by atoms with Crippen LogP contribution in [0.5, 0.6) is 0 Å². The highest BCUT2D eigenvalue weighted by atomic mass is 16.6. The predicted octanol–water partition coefficient (Wildman–Crippen LogP) is 4.14. The maximum absolute atomic E-state index is 10.9. The van der Waals surface area contributed by atoms with Crippen LogP contribution in [0.15, 0.2) is 18.2 Å². The summed E-state index contributed by atoms with van der Waals surface area (Å²) in [5.74, 6) is 1.51. The summed E-state index contributed by atoms with van der Waals surface area (Å²) >= 11 is 0. The smallest absolute Gasteiger partial charge is 0.274 e. The van der Waals surface area contributed by atoms with Crippen molar-refractivity contribution in [2.75, 3.05) is 11.9 Å². The van der Waals surface area contributed by atoms with Crippen molar-refractivity contribution in [3.63, 3.8) is 0 Å². The van der Waals surface area contributed by atoms with E-state index in [4.69, 9.17) is 0 Å². The molecule has 0 aromatic heterocycles. The van der Waals surface area contributed by atoms with Crippen LogP contribution in [-0.2, 0) is 0 Å². The topological polar surface area (TPSA) is 55.2 Å². The molecule has 1 aromatic carbocycles. The Balaban J connectivity index is 1.96. The van der Waals surface area contributed by atoms with Crippen LogP contribution in [0, 0.1) is 28.9 Å². The van der Waals surface area contributed by atoms with Crippen molar-refractivity contribution >= 4 is 11.4 Å². The van der Waals surface area contributed by atoms with Gasteiger partial charge in [-0.05, 0) is 37.7 Å². The van der Waals surface area contributed by atoms with Crippen LogP contribution in [0.4, 0.5) is 11.4 Å². The quantitative estimate of drug-likeness (QED) is 0.655. The minimum absolute atomic E-state index is 0.196. The third kappa shape index (κ3) is 3.69. The number of rotatable bonds is 4. The van der Waals surface area contributed by atoms with Crippen LogP contribution in [-0.4, -0.2) is 11.5 Å². The fourth-order valence-corrected chi connectivity index (χ4v) is 2.92. The molecule has 19 heavy (non-hydrogen) atoms. The summed E-state index contributed by atoms with van der Waals surface area (Å²) in [6.45, 7) is 5.00. The summed E-state index contributed by atoms with van der Waals surface area (Å²) in [6, 6.07) is 5.38. The zero-order chi connectivity index (χ0) is 13.8. The lowest BCUT2D eigenvalue weighted by Crippen LogP contribution is -2.21. The maximum atomic E-state index is 10.9. The van der Waals surface area contributed by atoms with Gasteiger partial charge in [0.2, 0.25) is 0 Å². The van der Waals surface area contributed by atoms with E-state index in [-0.39, 0.29) is 10.6 Å². The van der Waals surface area contributed by atoms with Gasteiger partial charge in [0.25, 0.3) is 5.69 Å². The van der Waals surface area contributed by atoms with Crippen LogP contribution in [0.25, 0.3) is 0 Å². The molecule has 104 valence electrons. The van der Waals surface area contributed by atoms with E-state index < -0.39 is 0 Å². The highest BCUT2D eigenvalue weighted by Gasteiger charge is 2.19. The van der Waals surface area contributed by atoms with Crippen molar-refractivity contribution in [3.05, 3.63) is 33.9 Å². The zero-order valence-electron chi connectivity index (χ0n) is 11.7. The lowest BCUT2D eigenvalue weighted by atomic mass is 9.82. The molecule has 0 spiro atoms. The van der Waals surface area contributed by atoms with Gasteiger partial charge in [0.15, 0.2) is 0 Å². The monoisotopic (exact) mass is 262 g/mol. The van der Waals surface area contributed by atoms with Crippen LogP contribution in [0.1, 0.15) is 38.2 Å². The molecule has 0 amide bonds. The first-order valence-electron chi connectivity index (χ1n) is 7.05. The van der Waals surface area contributed by atoms with Gasteiger partial charge < -0.3 is 5.32 Å². The van der Waals surface area contributed by atoms with Crippen molar-refractivity contribution in [3.8, 4) is 0 Å². The van der Waals surface area contributed by atoms with Crippen molar-refractivity contribution in [2.45, 2.75) is 39.5 Å². The second-order valence-electron chi connectivity index (χ2n) is 5.78. The van der Waals surface area contributed by atoms with Crippen molar-refractivity contribution in [2.24, 2.45) is 11.8 Å². The first-order chi connectivity index (χ1) is 9.06. The van der Waals surface area contributed by atoms with Crippen molar-refractivity contribution in [1.29, 1.82) is 0 Å². The number of benzene rings is 1. The van der Waals surface area contributed by atoms with Gasteiger partial charge in [-0.25, -0.2) is 0 Å². The molecule has 1 aliphatic carbocycles. The Morgan fingerprint density at radius 2 is 2.21 bits per heavy atom. The molecule has 4 nitrogen and oxygen atoms in total. The Morgan fingerprint density at radius 3 is 2.89 bits per heavy atom. The molecule has 1 saturated carbocycles. The first kappa shape index (κ1) is 13.8. The number of hydrogen-bond donors (Lipinski definition) is 1. The number of nitro benzene ring substituents is 1. The second-order valence-corrected chi connectivity index (χ2v) is 5.78. The molecule has 1 fully saturated rings. The highest BCUT2D eigenvalue weighted by Crippen LogP contribution is 2.29. The van der Waals surface area contributed by atoms with Crippen molar-refractivity contribution in [1.82, 2.24) is 0 Å². The molecule has 0 saturated heterocycles. The molecule has 1 aromatic rings. The second kappa shape index (κ2) is 6.04. The summed E-state index contributed by atoms with van der Waals surface area (Å²) in [4.78, 5) is 10.6. The molecule has 0 radical (unpaired) electrons. The molecule has 2 atom stereocenters. The van der Waals surface area contributed by atoms with Gasteiger partial charge in [0, 0.05) is 23.9 Å². The molecule has 0 bridgehead atoms. The zero-order valence-corrected chi connectivity index (χ0v) is 11.7.